The molecule has 0 aromatic carbocycles. The Kier molecular flexibility index (Phi) is 5.11. The summed E-state index contributed by atoms with van der Waals surface area (Å²) >= 11 is 7.22. The molecule has 0 radical (unpaired) electrons. The molecule has 5 nitrogen and oxygen atoms in total. The average Bonchev–Trinajstić information content (AvgIpc) is 2.87. The van der Waals surface area contributed by atoms with E-state index in [1.165, 1.54) is 36.9 Å². The minimum Gasteiger partial charge on any atom is -0.375 e. The number of halogens is 1. The highest BCUT2D eigenvalue weighted by Gasteiger charge is 2.19. The SMILES string of the molecule is CO[C@@H](CNS(=O)(=O)c1cccnc1)c1ccc(Cl)s1. The molecule has 108 valence electrons. The number of pyridine rings is 1. The van der Waals surface area contributed by atoms with Crippen LogP contribution in [0.15, 0.2) is 41.6 Å². The number of nitrogens with one attached hydrogen (secondary N) is 1. The van der Waals surface area contributed by atoms with Crippen LogP contribution < -0.4 is 4.72 Å². The van der Waals surface area contributed by atoms with E-state index in [1.807, 2.05) is 6.07 Å². The van der Waals surface area contributed by atoms with Crippen LogP contribution >= 0.6 is 22.9 Å². The summed E-state index contributed by atoms with van der Waals surface area (Å²) in [6.45, 7) is 0.130. The summed E-state index contributed by atoms with van der Waals surface area (Å²) in [5, 5.41) is 0. The second-order valence-electron chi connectivity index (χ2n) is 3.91. The van der Waals surface area contributed by atoms with Gasteiger partial charge in [-0.1, -0.05) is 11.6 Å². The highest BCUT2D eigenvalue weighted by Crippen LogP contribution is 2.28. The first-order valence-electron chi connectivity index (χ1n) is 5.70. The maximum Gasteiger partial charge on any atom is 0.242 e. The number of hydrogen-bond acceptors (Lipinski definition) is 5. The van der Waals surface area contributed by atoms with Gasteiger partial charge in [0.25, 0.3) is 0 Å². The topological polar surface area (TPSA) is 68.3 Å². The van der Waals surface area contributed by atoms with Crippen LogP contribution in [-0.2, 0) is 14.8 Å². The Morgan fingerprint density at radius 3 is 2.80 bits per heavy atom. The summed E-state index contributed by atoms with van der Waals surface area (Å²) in [7, 11) is -2.06. The molecule has 0 aliphatic rings. The van der Waals surface area contributed by atoms with E-state index in [-0.39, 0.29) is 17.5 Å². The maximum atomic E-state index is 12.1. The lowest BCUT2D eigenvalue weighted by Crippen LogP contribution is -2.29. The van der Waals surface area contributed by atoms with Gasteiger partial charge in [0.15, 0.2) is 0 Å². The van der Waals surface area contributed by atoms with Crippen molar-refractivity contribution in [1.82, 2.24) is 9.71 Å². The van der Waals surface area contributed by atoms with Gasteiger partial charge in [0.1, 0.15) is 11.0 Å². The van der Waals surface area contributed by atoms with Gasteiger partial charge < -0.3 is 4.74 Å². The number of thiophene rings is 1. The van der Waals surface area contributed by atoms with Crippen LogP contribution in [0, 0.1) is 0 Å². The third-order valence-corrected chi connectivity index (χ3v) is 5.33. The first-order chi connectivity index (χ1) is 9.53. The van der Waals surface area contributed by atoms with Crippen LogP contribution in [-0.4, -0.2) is 27.1 Å². The Balaban J connectivity index is 2.07. The number of methoxy groups -OCH3 is 1. The third kappa shape index (κ3) is 3.77. The monoisotopic (exact) mass is 332 g/mol. The predicted molar refractivity (Wildman–Crippen MR) is 78.5 cm³/mol. The van der Waals surface area contributed by atoms with Crippen molar-refractivity contribution < 1.29 is 13.2 Å². The molecule has 0 bridgehead atoms. The molecular formula is C12H13ClN2O3S2. The van der Waals surface area contributed by atoms with E-state index in [0.717, 1.165) is 4.88 Å². The van der Waals surface area contributed by atoms with Gasteiger partial charge in [-0.2, -0.15) is 0 Å². The fraction of sp³-hybridized carbons (Fsp3) is 0.250. The first kappa shape index (κ1) is 15.4. The lowest BCUT2D eigenvalue weighted by atomic mass is 10.3. The van der Waals surface area contributed by atoms with Gasteiger partial charge in [-0.3, -0.25) is 4.98 Å². The molecule has 2 heterocycles. The zero-order chi connectivity index (χ0) is 14.6. The van der Waals surface area contributed by atoms with E-state index in [1.54, 1.807) is 12.1 Å². The van der Waals surface area contributed by atoms with E-state index in [4.69, 9.17) is 16.3 Å². The van der Waals surface area contributed by atoms with Crippen molar-refractivity contribution >= 4 is 33.0 Å². The van der Waals surface area contributed by atoms with Gasteiger partial charge in [0.2, 0.25) is 10.0 Å². The van der Waals surface area contributed by atoms with Crippen LogP contribution in [0.3, 0.4) is 0 Å². The van der Waals surface area contributed by atoms with E-state index in [9.17, 15) is 8.42 Å². The van der Waals surface area contributed by atoms with Crippen molar-refractivity contribution in [2.24, 2.45) is 0 Å². The fourth-order valence-electron chi connectivity index (χ4n) is 1.58. The number of rotatable bonds is 6. The second kappa shape index (κ2) is 6.64. The van der Waals surface area contributed by atoms with Crippen molar-refractivity contribution in [2.45, 2.75) is 11.0 Å². The molecule has 1 atom stereocenters. The summed E-state index contributed by atoms with van der Waals surface area (Å²) in [5.74, 6) is 0. The smallest absolute Gasteiger partial charge is 0.242 e. The first-order valence-corrected chi connectivity index (χ1v) is 8.38. The summed E-state index contributed by atoms with van der Waals surface area (Å²) in [6, 6.07) is 6.63. The molecular weight excluding hydrogens is 320 g/mol. The average molecular weight is 333 g/mol. The maximum absolute atomic E-state index is 12.1. The highest BCUT2D eigenvalue weighted by molar-refractivity contribution is 7.89. The molecule has 0 spiro atoms. The Hall–Kier alpha value is -0.990. The van der Waals surface area contributed by atoms with Gasteiger partial charge in [-0.05, 0) is 24.3 Å². The third-order valence-electron chi connectivity index (χ3n) is 2.60. The molecule has 2 aromatic rings. The minimum atomic E-state index is -3.59. The summed E-state index contributed by atoms with van der Waals surface area (Å²) < 4.78 is 32.6. The van der Waals surface area contributed by atoms with Gasteiger partial charge in [-0.15, -0.1) is 11.3 Å². The lowest BCUT2D eigenvalue weighted by molar-refractivity contribution is 0.110. The fourth-order valence-corrected chi connectivity index (χ4v) is 3.71. The molecule has 0 fully saturated rings. The Bertz CT molecular complexity index is 658. The van der Waals surface area contributed by atoms with E-state index in [2.05, 4.69) is 9.71 Å². The van der Waals surface area contributed by atoms with E-state index < -0.39 is 10.0 Å². The molecule has 0 aliphatic carbocycles. The van der Waals surface area contributed by atoms with Gasteiger partial charge in [0.05, 0.1) is 4.34 Å². The molecule has 0 saturated carbocycles. The van der Waals surface area contributed by atoms with Gasteiger partial charge >= 0.3 is 0 Å². The number of sulfonamides is 1. The lowest BCUT2D eigenvalue weighted by Gasteiger charge is -2.14. The summed E-state index contributed by atoms with van der Waals surface area (Å²) in [5.41, 5.74) is 0. The van der Waals surface area contributed by atoms with Crippen molar-refractivity contribution in [2.75, 3.05) is 13.7 Å². The highest BCUT2D eigenvalue weighted by atomic mass is 35.5. The number of nitrogens with zero attached hydrogens (tertiary/aromatic N) is 1. The molecule has 0 unspecified atom stereocenters. The molecule has 8 heteroatoms. The normalized spacial score (nSPS) is 13.3. The van der Waals surface area contributed by atoms with Crippen molar-refractivity contribution in [3.05, 3.63) is 45.9 Å². The van der Waals surface area contributed by atoms with Crippen LogP contribution in [0.5, 0.6) is 0 Å². The largest absolute Gasteiger partial charge is 0.375 e. The van der Waals surface area contributed by atoms with Crippen LogP contribution in [0.4, 0.5) is 0 Å². The van der Waals surface area contributed by atoms with Gasteiger partial charge in [0, 0.05) is 30.9 Å². The quantitative estimate of drug-likeness (QED) is 0.882. The summed E-state index contributed by atoms with van der Waals surface area (Å²) in [4.78, 5) is 4.79. The molecule has 0 aliphatic heterocycles. The molecule has 2 aromatic heterocycles. The molecule has 0 amide bonds. The second-order valence-corrected chi connectivity index (χ2v) is 7.42. The van der Waals surface area contributed by atoms with Gasteiger partial charge in [-0.25, -0.2) is 13.1 Å². The number of aromatic nitrogens is 1. The molecule has 0 saturated heterocycles. The van der Waals surface area contributed by atoms with Crippen LogP contribution in [0.1, 0.15) is 11.0 Å². The van der Waals surface area contributed by atoms with Crippen molar-refractivity contribution in [1.29, 1.82) is 0 Å². The molecule has 2 rings (SSSR count). The Labute approximate surface area is 126 Å². The van der Waals surface area contributed by atoms with Crippen LogP contribution in [0.2, 0.25) is 4.34 Å². The zero-order valence-corrected chi connectivity index (χ0v) is 13.0. The summed E-state index contributed by atoms with van der Waals surface area (Å²) in [6.07, 6.45) is 2.44. The number of ether oxygens (including phenoxy) is 1. The van der Waals surface area contributed by atoms with E-state index in [0.29, 0.717) is 4.34 Å². The van der Waals surface area contributed by atoms with E-state index >= 15 is 0 Å². The zero-order valence-electron chi connectivity index (χ0n) is 10.6. The Morgan fingerprint density at radius 2 is 2.25 bits per heavy atom. The molecule has 1 N–H and O–H groups in total. The predicted octanol–water partition coefficient (Wildman–Crippen LogP) is 2.46. The van der Waals surface area contributed by atoms with Crippen LogP contribution in [0.25, 0.3) is 0 Å². The van der Waals surface area contributed by atoms with Crippen molar-refractivity contribution in [3.8, 4) is 0 Å². The number of hydrogen-bond donors (Lipinski definition) is 1. The van der Waals surface area contributed by atoms with Crippen molar-refractivity contribution in [3.63, 3.8) is 0 Å². The minimum absolute atomic E-state index is 0.124. The Morgan fingerprint density at radius 1 is 1.45 bits per heavy atom. The molecule has 20 heavy (non-hydrogen) atoms. The standard InChI is InChI=1S/C12H13ClN2O3S2/c1-18-10(11-4-5-12(13)19-11)8-15-20(16,17)9-3-2-6-14-7-9/h2-7,10,15H,8H2,1H3/t10-/m0/s1.